The van der Waals surface area contributed by atoms with Gasteiger partial charge < -0.3 is 10.0 Å². The van der Waals surface area contributed by atoms with Gasteiger partial charge in [-0.05, 0) is 30.0 Å². The van der Waals surface area contributed by atoms with Gasteiger partial charge in [-0.2, -0.15) is 0 Å². The second-order valence-electron chi connectivity index (χ2n) is 3.71. The van der Waals surface area contributed by atoms with E-state index in [2.05, 4.69) is 19.1 Å². The van der Waals surface area contributed by atoms with Gasteiger partial charge in [0.05, 0.1) is 0 Å². The zero-order chi connectivity index (χ0) is 11.5. The van der Waals surface area contributed by atoms with E-state index in [0.29, 0.717) is 0 Å². The van der Waals surface area contributed by atoms with Gasteiger partial charge in [-0.1, -0.05) is 24.3 Å². The number of hydrogen-bond donors (Lipinski definition) is 2. The van der Waals surface area contributed by atoms with Gasteiger partial charge >= 0.3 is 7.12 Å². The summed E-state index contributed by atoms with van der Waals surface area (Å²) in [7, 11) is -1.26. The quantitative estimate of drug-likeness (QED) is 0.798. The molecule has 2 nitrogen and oxygen atoms in total. The summed E-state index contributed by atoms with van der Waals surface area (Å²) >= 11 is 1.73. The fourth-order valence-corrected chi connectivity index (χ4v) is 2.79. The molecule has 0 aliphatic rings. The van der Waals surface area contributed by atoms with Crippen molar-refractivity contribution >= 4 is 34.6 Å². The first kappa shape index (κ1) is 11.4. The number of allylic oxidation sites excluding steroid dienone is 1. The second kappa shape index (κ2) is 4.83. The summed E-state index contributed by atoms with van der Waals surface area (Å²) in [4.78, 5) is 1.18. The number of aryl methyl sites for hydroxylation is 1. The molecule has 0 unspecified atom stereocenters. The molecule has 0 radical (unpaired) electrons. The maximum absolute atomic E-state index is 8.75. The van der Waals surface area contributed by atoms with Gasteiger partial charge in [0.1, 0.15) is 0 Å². The largest absolute Gasteiger partial charge is 0.455 e. The second-order valence-corrected chi connectivity index (χ2v) is 4.79. The van der Waals surface area contributed by atoms with Gasteiger partial charge in [0.15, 0.2) is 0 Å². The third-order valence-corrected chi connectivity index (χ3v) is 3.73. The lowest BCUT2D eigenvalue weighted by atomic mass is 9.86. The topological polar surface area (TPSA) is 40.5 Å². The first-order valence-corrected chi connectivity index (χ1v) is 6.01. The number of rotatable bonds is 3. The lowest BCUT2D eigenvalue weighted by molar-refractivity contribution is 0.411. The van der Waals surface area contributed by atoms with Crippen LogP contribution in [0.5, 0.6) is 0 Å². The summed E-state index contributed by atoms with van der Waals surface area (Å²) in [6, 6.07) is 8.28. The molecular weight excluding hydrogens is 219 g/mol. The monoisotopic (exact) mass is 232 g/mol. The van der Waals surface area contributed by atoms with Crippen molar-refractivity contribution < 1.29 is 10.0 Å². The minimum Gasteiger partial charge on any atom is -0.427 e. The minimum atomic E-state index is -1.26. The summed E-state index contributed by atoms with van der Waals surface area (Å²) in [6.07, 6.45) is 4.02. The Morgan fingerprint density at radius 1 is 1.31 bits per heavy atom. The highest BCUT2D eigenvalue weighted by Gasteiger charge is 2.06. The standard InChI is InChI=1S/C12H13BO2S/c1-9-10-5-2-3-6-12(10)16-11(9)7-4-8-13(14)15/h2-7,14-15H,8H2,1H3/b7-4-. The van der Waals surface area contributed by atoms with Crippen molar-refractivity contribution in [3.63, 3.8) is 0 Å². The minimum absolute atomic E-state index is 0.272. The Morgan fingerprint density at radius 3 is 2.75 bits per heavy atom. The van der Waals surface area contributed by atoms with Crippen molar-refractivity contribution in [2.45, 2.75) is 13.2 Å². The summed E-state index contributed by atoms with van der Waals surface area (Å²) in [6.45, 7) is 2.09. The van der Waals surface area contributed by atoms with Crippen LogP contribution in [0.3, 0.4) is 0 Å². The molecule has 1 heterocycles. The number of fused-ring (bicyclic) bond motifs is 1. The summed E-state index contributed by atoms with van der Waals surface area (Å²) in [5.41, 5.74) is 1.25. The summed E-state index contributed by atoms with van der Waals surface area (Å²) in [5.74, 6) is 0. The maximum Gasteiger partial charge on any atom is 0.455 e. The fourth-order valence-electron chi connectivity index (χ4n) is 1.65. The van der Waals surface area contributed by atoms with E-state index in [1.54, 1.807) is 17.4 Å². The van der Waals surface area contributed by atoms with Crippen molar-refractivity contribution in [1.82, 2.24) is 0 Å². The predicted octanol–water partition coefficient (Wildman–Crippen LogP) is 2.70. The molecule has 0 fully saturated rings. The van der Waals surface area contributed by atoms with Crippen LogP contribution in [-0.2, 0) is 0 Å². The number of thiophene rings is 1. The van der Waals surface area contributed by atoms with Crippen LogP contribution in [0.25, 0.3) is 16.2 Å². The molecule has 0 atom stereocenters. The van der Waals surface area contributed by atoms with Crippen molar-refractivity contribution in [3.8, 4) is 0 Å². The van der Waals surface area contributed by atoms with E-state index in [-0.39, 0.29) is 6.32 Å². The molecule has 1 aromatic carbocycles. The summed E-state index contributed by atoms with van der Waals surface area (Å²) < 4.78 is 1.27. The molecule has 1 aromatic heterocycles. The van der Waals surface area contributed by atoms with Crippen LogP contribution in [0, 0.1) is 6.92 Å². The predicted molar refractivity (Wildman–Crippen MR) is 70.6 cm³/mol. The lowest BCUT2D eigenvalue weighted by Crippen LogP contribution is -2.07. The van der Waals surface area contributed by atoms with E-state index in [1.807, 2.05) is 18.2 Å². The SMILES string of the molecule is Cc1c(/C=C\CB(O)O)sc2ccccc12. The van der Waals surface area contributed by atoms with E-state index in [4.69, 9.17) is 10.0 Å². The number of benzene rings is 1. The van der Waals surface area contributed by atoms with Crippen molar-refractivity contribution in [3.05, 3.63) is 40.8 Å². The Morgan fingerprint density at radius 2 is 2.06 bits per heavy atom. The van der Waals surface area contributed by atoms with Crippen LogP contribution in [0.4, 0.5) is 0 Å². The van der Waals surface area contributed by atoms with Crippen LogP contribution < -0.4 is 0 Å². The van der Waals surface area contributed by atoms with Gasteiger partial charge in [-0.15, -0.1) is 11.3 Å². The van der Waals surface area contributed by atoms with Crippen molar-refractivity contribution in [2.24, 2.45) is 0 Å². The molecular formula is C12H13BO2S. The van der Waals surface area contributed by atoms with E-state index < -0.39 is 7.12 Å². The van der Waals surface area contributed by atoms with Crippen LogP contribution >= 0.6 is 11.3 Å². The average Bonchev–Trinajstić information content (AvgIpc) is 2.56. The van der Waals surface area contributed by atoms with Crippen LogP contribution in [0.15, 0.2) is 30.3 Å². The first-order valence-electron chi connectivity index (χ1n) is 5.19. The molecule has 0 bridgehead atoms. The first-order chi connectivity index (χ1) is 7.68. The highest BCUT2D eigenvalue weighted by Crippen LogP contribution is 2.31. The Hall–Kier alpha value is -1.10. The molecule has 0 amide bonds. The molecule has 2 rings (SSSR count). The van der Waals surface area contributed by atoms with Gasteiger partial charge in [0.2, 0.25) is 0 Å². The molecule has 0 aliphatic carbocycles. The van der Waals surface area contributed by atoms with Gasteiger partial charge in [0, 0.05) is 15.9 Å². The third-order valence-electron chi connectivity index (χ3n) is 2.50. The number of hydrogen-bond acceptors (Lipinski definition) is 3. The van der Waals surface area contributed by atoms with E-state index in [0.717, 1.165) is 0 Å². The van der Waals surface area contributed by atoms with Crippen LogP contribution in [0.1, 0.15) is 10.4 Å². The van der Waals surface area contributed by atoms with Crippen molar-refractivity contribution in [2.75, 3.05) is 0 Å². The Bertz CT molecular complexity index is 517. The molecule has 0 aliphatic heterocycles. The lowest BCUT2D eigenvalue weighted by Gasteiger charge is -1.92. The highest BCUT2D eigenvalue weighted by atomic mass is 32.1. The molecule has 0 saturated carbocycles. The zero-order valence-corrected chi connectivity index (χ0v) is 9.87. The third kappa shape index (κ3) is 2.35. The molecule has 2 aromatic rings. The Labute approximate surface area is 99.0 Å². The smallest absolute Gasteiger partial charge is 0.427 e. The molecule has 0 spiro atoms. The van der Waals surface area contributed by atoms with E-state index in [1.165, 1.54) is 20.5 Å². The van der Waals surface area contributed by atoms with E-state index in [9.17, 15) is 0 Å². The fraction of sp³-hybridized carbons (Fsp3) is 0.167. The van der Waals surface area contributed by atoms with E-state index >= 15 is 0 Å². The van der Waals surface area contributed by atoms with Crippen molar-refractivity contribution in [1.29, 1.82) is 0 Å². The molecule has 82 valence electrons. The van der Waals surface area contributed by atoms with Crippen LogP contribution in [-0.4, -0.2) is 17.2 Å². The Kier molecular flexibility index (Phi) is 3.44. The van der Waals surface area contributed by atoms with Gasteiger partial charge in [0.25, 0.3) is 0 Å². The van der Waals surface area contributed by atoms with Gasteiger partial charge in [-0.3, -0.25) is 0 Å². The molecule has 16 heavy (non-hydrogen) atoms. The average molecular weight is 232 g/mol. The molecule has 4 heteroatoms. The molecule has 0 saturated heterocycles. The highest BCUT2D eigenvalue weighted by molar-refractivity contribution is 7.20. The Balaban J connectivity index is 2.31. The van der Waals surface area contributed by atoms with Gasteiger partial charge in [-0.25, -0.2) is 0 Å². The molecule has 2 N–H and O–H groups in total. The maximum atomic E-state index is 8.75. The normalized spacial score (nSPS) is 11.4. The zero-order valence-electron chi connectivity index (χ0n) is 9.05. The van der Waals surface area contributed by atoms with Crippen LogP contribution in [0.2, 0.25) is 6.32 Å². The summed E-state index contributed by atoms with van der Waals surface area (Å²) in [5, 5.41) is 18.8.